The van der Waals surface area contributed by atoms with Crippen LogP contribution < -0.4 is 5.11 Å². The third-order valence-corrected chi connectivity index (χ3v) is 11.4. The largest absolute Gasteiger partial charge is 0.544 e. The Kier molecular flexibility index (Phi) is 46.0. The molecular weight excluding hydrogens is 835 g/mol. The molecule has 2 atom stereocenters. The highest BCUT2D eigenvalue weighted by Crippen LogP contribution is 2.14. The van der Waals surface area contributed by atoms with Crippen molar-refractivity contribution in [2.75, 3.05) is 41.0 Å². The van der Waals surface area contributed by atoms with Crippen molar-refractivity contribution in [3.8, 4) is 0 Å². The highest BCUT2D eigenvalue weighted by Gasteiger charge is 2.25. The van der Waals surface area contributed by atoms with Crippen LogP contribution in [0, 0.1) is 0 Å². The van der Waals surface area contributed by atoms with Crippen LogP contribution in [0.5, 0.6) is 0 Å². The summed E-state index contributed by atoms with van der Waals surface area (Å²) in [4.78, 5) is 37.1. The molecule has 0 fully saturated rings. The molecule has 67 heavy (non-hydrogen) atoms. The lowest BCUT2D eigenvalue weighted by atomic mass is 10.1. The second kappa shape index (κ2) is 48.7. The fraction of sp³-hybridized carbons (Fsp3) is 0.678. The minimum atomic E-state index is -1.13. The van der Waals surface area contributed by atoms with Crippen molar-refractivity contribution in [2.45, 2.75) is 219 Å². The van der Waals surface area contributed by atoms with E-state index in [1.165, 1.54) is 89.9 Å². The Bertz CT molecular complexity index is 1410. The number of quaternary nitrogens is 1. The van der Waals surface area contributed by atoms with E-state index < -0.39 is 18.1 Å². The van der Waals surface area contributed by atoms with Gasteiger partial charge in [0.25, 0.3) is 0 Å². The summed E-state index contributed by atoms with van der Waals surface area (Å²) in [6.45, 7) is 4.56. The van der Waals surface area contributed by atoms with Crippen molar-refractivity contribution < 1.29 is 38.2 Å². The molecule has 382 valence electrons. The Balaban J connectivity index is 4.34. The summed E-state index contributed by atoms with van der Waals surface area (Å²) < 4.78 is 17.2. The zero-order valence-corrected chi connectivity index (χ0v) is 43.5. The molecule has 0 aromatic rings. The summed E-state index contributed by atoms with van der Waals surface area (Å²) in [7, 11) is 5.39. The van der Waals surface area contributed by atoms with Crippen molar-refractivity contribution in [3.05, 3.63) is 97.2 Å². The number of hydrogen-bond donors (Lipinski definition) is 0. The van der Waals surface area contributed by atoms with Crippen LogP contribution >= 0.6 is 0 Å². The predicted octanol–water partition coefficient (Wildman–Crippen LogP) is 14.5. The highest BCUT2D eigenvalue weighted by atomic mass is 16.6. The summed E-state index contributed by atoms with van der Waals surface area (Å²) in [5.41, 5.74) is 0. The highest BCUT2D eigenvalue weighted by molar-refractivity contribution is 5.70. The van der Waals surface area contributed by atoms with Gasteiger partial charge in [-0.2, -0.15) is 0 Å². The molecule has 0 rings (SSSR count). The monoisotopic (exact) mass is 934 g/mol. The number of carboxylic acids is 1. The number of aliphatic carboxylic acids is 1. The fourth-order valence-electron chi connectivity index (χ4n) is 7.27. The maximum Gasteiger partial charge on any atom is 0.306 e. The number of esters is 2. The summed E-state index contributed by atoms with van der Waals surface area (Å²) in [6, 6.07) is -0.740. The van der Waals surface area contributed by atoms with Gasteiger partial charge in [-0.1, -0.05) is 182 Å². The Morgan fingerprint density at radius 3 is 1.19 bits per heavy atom. The van der Waals surface area contributed by atoms with E-state index in [0.29, 0.717) is 12.8 Å². The van der Waals surface area contributed by atoms with E-state index in [-0.39, 0.29) is 49.1 Å². The maximum absolute atomic E-state index is 12.8. The Hall–Kier alpha value is -3.75. The Morgan fingerprint density at radius 2 is 0.791 bits per heavy atom. The lowest BCUT2D eigenvalue weighted by molar-refractivity contribution is -0.889. The minimum Gasteiger partial charge on any atom is -0.544 e. The van der Waals surface area contributed by atoms with E-state index in [9.17, 15) is 19.5 Å². The van der Waals surface area contributed by atoms with Crippen LogP contribution in [0.3, 0.4) is 0 Å². The van der Waals surface area contributed by atoms with Gasteiger partial charge < -0.3 is 28.6 Å². The van der Waals surface area contributed by atoms with Gasteiger partial charge in [0, 0.05) is 19.3 Å². The van der Waals surface area contributed by atoms with Crippen LogP contribution in [0.25, 0.3) is 0 Å². The molecule has 0 aliphatic rings. The molecule has 0 aromatic heterocycles. The predicted molar refractivity (Wildman–Crippen MR) is 281 cm³/mol. The normalized spacial score (nSPS) is 13.6. The molecule has 0 aromatic carbocycles. The minimum absolute atomic E-state index is 0.0190. The summed E-state index contributed by atoms with van der Waals surface area (Å²) in [5, 5.41) is 11.7. The Labute approximate surface area is 411 Å². The molecule has 8 heteroatoms. The van der Waals surface area contributed by atoms with E-state index in [2.05, 4.69) is 111 Å². The number of ether oxygens (including phenoxy) is 3. The lowest BCUT2D eigenvalue weighted by Gasteiger charge is -2.34. The Morgan fingerprint density at radius 1 is 0.448 bits per heavy atom. The van der Waals surface area contributed by atoms with Gasteiger partial charge in [0.1, 0.15) is 12.6 Å². The summed E-state index contributed by atoms with van der Waals surface area (Å²) >= 11 is 0. The zero-order valence-electron chi connectivity index (χ0n) is 43.5. The van der Waals surface area contributed by atoms with Gasteiger partial charge in [0.2, 0.25) is 0 Å². The van der Waals surface area contributed by atoms with Crippen molar-refractivity contribution in [3.63, 3.8) is 0 Å². The number of rotatable bonds is 47. The molecule has 8 nitrogen and oxygen atoms in total. The van der Waals surface area contributed by atoms with Gasteiger partial charge in [-0.15, -0.1) is 0 Å². The quantitative estimate of drug-likeness (QED) is 0.0259. The standard InChI is InChI=1S/C59H99NO7/c1-6-8-10-12-14-16-18-20-22-24-26-28-30-32-34-36-38-40-42-44-46-48-50-58(62)67-55(53-65-52-51-56(59(63)64)60(3,4)5)54-66-57(61)49-47-45-43-41-39-37-35-33-31-29-27-25-23-21-19-17-15-13-11-9-7-2/h14-17,20-23,26-29,33,35,39,41,55-56H,6-13,18-19,24-25,30-32,34,36-38,40,42-54H2,1-5H3/b16-14+,17-15+,22-20+,23-21+,28-26+,29-27+,35-33+,41-39+. The average Bonchev–Trinajstić information content (AvgIpc) is 3.29. The van der Waals surface area contributed by atoms with Crippen LogP contribution in [-0.2, 0) is 28.6 Å². The SMILES string of the molecule is CCCCC/C=C/C/C=C/C/C=C/C/C=C/C/C=C/CCCCC(=O)OCC(COCCC(C(=O)[O-])[N+](C)(C)C)OC(=O)CCCCCCCCCCC/C=C/C/C=C/C/C=C/CCCCC. The number of carboxylic acid groups (broad SMARTS) is 1. The zero-order chi connectivity index (χ0) is 49.2. The van der Waals surface area contributed by atoms with Crippen molar-refractivity contribution in [2.24, 2.45) is 0 Å². The fourth-order valence-corrected chi connectivity index (χ4v) is 7.27. The van der Waals surface area contributed by atoms with Crippen LogP contribution in [0.4, 0.5) is 0 Å². The number of likely N-dealkylation sites (N-methyl/N-ethyl adjacent to an activating group) is 1. The molecular formula is C59H99NO7. The number of hydrogen-bond acceptors (Lipinski definition) is 7. The molecule has 0 saturated heterocycles. The third-order valence-electron chi connectivity index (χ3n) is 11.4. The van der Waals surface area contributed by atoms with Gasteiger partial charge in [-0.3, -0.25) is 9.59 Å². The van der Waals surface area contributed by atoms with Crippen molar-refractivity contribution in [1.82, 2.24) is 0 Å². The first-order chi connectivity index (χ1) is 32.6. The molecule has 0 amide bonds. The molecule has 0 spiro atoms. The number of carbonyl (C=O) groups is 3. The molecule has 0 heterocycles. The lowest BCUT2D eigenvalue weighted by Crippen LogP contribution is -2.55. The smallest absolute Gasteiger partial charge is 0.306 e. The van der Waals surface area contributed by atoms with Crippen molar-refractivity contribution >= 4 is 17.9 Å². The summed E-state index contributed by atoms with van der Waals surface area (Å²) in [6.07, 6.45) is 65.8. The molecule has 0 N–H and O–H groups in total. The number of nitrogens with zero attached hydrogens (tertiary/aromatic N) is 1. The van der Waals surface area contributed by atoms with Crippen LogP contribution in [0.15, 0.2) is 97.2 Å². The van der Waals surface area contributed by atoms with Crippen molar-refractivity contribution in [1.29, 1.82) is 0 Å². The molecule has 2 unspecified atom stereocenters. The topological polar surface area (TPSA) is 102 Å². The van der Waals surface area contributed by atoms with E-state index >= 15 is 0 Å². The number of allylic oxidation sites excluding steroid dienone is 16. The van der Waals surface area contributed by atoms with E-state index in [0.717, 1.165) is 77.0 Å². The van der Waals surface area contributed by atoms with Crippen LogP contribution in [0.2, 0.25) is 0 Å². The van der Waals surface area contributed by atoms with E-state index in [4.69, 9.17) is 14.2 Å². The average molecular weight is 934 g/mol. The number of carbonyl (C=O) groups excluding carboxylic acids is 3. The first kappa shape index (κ1) is 63.2. The first-order valence-corrected chi connectivity index (χ1v) is 26.8. The van der Waals surface area contributed by atoms with Gasteiger partial charge in [0.05, 0.1) is 40.3 Å². The second-order valence-electron chi connectivity index (χ2n) is 18.8. The van der Waals surface area contributed by atoms with Gasteiger partial charge in [-0.25, -0.2) is 0 Å². The molecule has 0 saturated carbocycles. The maximum atomic E-state index is 12.8. The van der Waals surface area contributed by atoms with Crippen LogP contribution in [-0.4, -0.2) is 75.5 Å². The van der Waals surface area contributed by atoms with Gasteiger partial charge in [0.15, 0.2) is 6.10 Å². The van der Waals surface area contributed by atoms with Gasteiger partial charge in [-0.05, 0) is 103 Å². The number of unbranched alkanes of at least 4 members (excludes halogenated alkanes) is 17. The molecule has 0 aliphatic heterocycles. The third kappa shape index (κ3) is 47.1. The van der Waals surface area contributed by atoms with E-state index in [1.807, 2.05) is 0 Å². The second-order valence-corrected chi connectivity index (χ2v) is 18.8. The molecule has 0 bridgehead atoms. The van der Waals surface area contributed by atoms with E-state index in [1.54, 1.807) is 21.1 Å². The van der Waals surface area contributed by atoms with Crippen LogP contribution in [0.1, 0.15) is 206 Å². The van der Waals surface area contributed by atoms with Gasteiger partial charge >= 0.3 is 11.9 Å². The molecule has 0 radical (unpaired) electrons. The molecule has 0 aliphatic carbocycles. The first-order valence-electron chi connectivity index (χ1n) is 26.8. The summed E-state index contributed by atoms with van der Waals surface area (Å²) in [5.74, 6) is -1.80.